The fraction of sp³-hybridized carbons (Fsp3) is 0.368. The molecule has 3 rings (SSSR count). The van der Waals surface area contributed by atoms with Crippen LogP contribution in [0.25, 0.3) is 11.1 Å². The lowest BCUT2D eigenvalue weighted by atomic mass is 9.88. The zero-order chi connectivity index (χ0) is 18.9. The van der Waals surface area contributed by atoms with Crippen LogP contribution in [0.15, 0.2) is 41.3 Å². The molecule has 0 amide bonds. The van der Waals surface area contributed by atoms with E-state index >= 15 is 0 Å². The summed E-state index contributed by atoms with van der Waals surface area (Å²) in [7, 11) is -3.68. The maximum Gasteiger partial charge on any atom is 0.240 e. The van der Waals surface area contributed by atoms with Crippen molar-refractivity contribution in [2.75, 3.05) is 0 Å². The van der Waals surface area contributed by atoms with E-state index in [-0.39, 0.29) is 22.1 Å². The van der Waals surface area contributed by atoms with Gasteiger partial charge in [0.15, 0.2) is 11.6 Å². The molecule has 26 heavy (non-hydrogen) atoms. The van der Waals surface area contributed by atoms with Gasteiger partial charge in [0, 0.05) is 17.7 Å². The Morgan fingerprint density at radius 1 is 0.885 bits per heavy atom. The standard InChI is InChI=1S/C19H20F3NO2S/c1-12-2-6-14(7-3-12)23-26(24,25)15-8-4-13(5-9-15)16-10-18(21)19(22)11-17(16)20/h4-5,8-12,14,23H,2-3,6-7H2,1H3. The average Bonchev–Trinajstić information content (AvgIpc) is 2.60. The predicted octanol–water partition coefficient (Wildman–Crippen LogP) is 4.63. The first-order chi connectivity index (χ1) is 12.3. The summed E-state index contributed by atoms with van der Waals surface area (Å²) in [4.78, 5) is 0.0582. The summed E-state index contributed by atoms with van der Waals surface area (Å²) in [6.45, 7) is 2.15. The number of rotatable bonds is 4. The highest BCUT2D eigenvalue weighted by Crippen LogP contribution is 2.28. The van der Waals surface area contributed by atoms with Crippen LogP contribution in [0.2, 0.25) is 0 Å². The second kappa shape index (κ2) is 7.40. The van der Waals surface area contributed by atoms with Crippen molar-refractivity contribution in [2.24, 2.45) is 5.92 Å². The second-order valence-corrected chi connectivity index (χ2v) is 8.56. The molecule has 7 heteroatoms. The monoisotopic (exact) mass is 383 g/mol. The summed E-state index contributed by atoms with van der Waals surface area (Å²) < 4.78 is 68.0. The van der Waals surface area contributed by atoms with Gasteiger partial charge in [-0.2, -0.15) is 0 Å². The molecule has 1 aliphatic carbocycles. The van der Waals surface area contributed by atoms with Crippen molar-refractivity contribution < 1.29 is 21.6 Å². The van der Waals surface area contributed by atoms with E-state index in [0.29, 0.717) is 12.0 Å². The molecular weight excluding hydrogens is 363 g/mol. The number of hydrogen-bond donors (Lipinski definition) is 1. The second-order valence-electron chi connectivity index (χ2n) is 6.85. The molecule has 1 aliphatic rings. The van der Waals surface area contributed by atoms with E-state index in [1.807, 2.05) is 0 Å². The zero-order valence-electron chi connectivity index (χ0n) is 14.3. The van der Waals surface area contributed by atoms with Gasteiger partial charge in [-0.1, -0.05) is 19.1 Å². The lowest BCUT2D eigenvalue weighted by Crippen LogP contribution is -2.37. The maximum absolute atomic E-state index is 13.9. The summed E-state index contributed by atoms with van der Waals surface area (Å²) >= 11 is 0. The van der Waals surface area contributed by atoms with Crippen LogP contribution in [0.3, 0.4) is 0 Å². The van der Waals surface area contributed by atoms with Gasteiger partial charge in [0.2, 0.25) is 10.0 Å². The Labute approximate surface area is 151 Å². The van der Waals surface area contributed by atoms with Gasteiger partial charge < -0.3 is 0 Å². The van der Waals surface area contributed by atoms with Gasteiger partial charge in [0.25, 0.3) is 0 Å². The Morgan fingerprint density at radius 2 is 1.46 bits per heavy atom. The Hall–Kier alpha value is -1.86. The van der Waals surface area contributed by atoms with E-state index < -0.39 is 27.5 Å². The Balaban J connectivity index is 1.80. The van der Waals surface area contributed by atoms with E-state index in [9.17, 15) is 21.6 Å². The molecule has 3 nitrogen and oxygen atoms in total. The predicted molar refractivity (Wildman–Crippen MR) is 93.5 cm³/mol. The van der Waals surface area contributed by atoms with Crippen LogP contribution in [0.4, 0.5) is 13.2 Å². The Morgan fingerprint density at radius 3 is 2.08 bits per heavy atom. The van der Waals surface area contributed by atoms with Crippen molar-refractivity contribution in [1.29, 1.82) is 0 Å². The highest BCUT2D eigenvalue weighted by atomic mass is 32.2. The van der Waals surface area contributed by atoms with Crippen LogP contribution in [0.5, 0.6) is 0 Å². The number of benzene rings is 2. The number of hydrogen-bond acceptors (Lipinski definition) is 2. The number of sulfonamides is 1. The molecular formula is C19H20F3NO2S. The highest BCUT2D eigenvalue weighted by Gasteiger charge is 2.24. The third-order valence-electron chi connectivity index (χ3n) is 4.82. The normalized spacial score (nSPS) is 20.9. The molecule has 1 fully saturated rings. The average molecular weight is 383 g/mol. The van der Waals surface area contributed by atoms with E-state index in [2.05, 4.69) is 11.6 Å². The van der Waals surface area contributed by atoms with Crippen LogP contribution in [0.1, 0.15) is 32.6 Å². The lowest BCUT2D eigenvalue weighted by molar-refractivity contribution is 0.332. The summed E-state index contributed by atoms with van der Waals surface area (Å²) in [5.41, 5.74) is 0.147. The fourth-order valence-electron chi connectivity index (χ4n) is 3.22. The van der Waals surface area contributed by atoms with Gasteiger partial charge in [0.05, 0.1) is 4.90 Å². The van der Waals surface area contributed by atoms with Crippen molar-refractivity contribution in [3.8, 4) is 11.1 Å². The minimum atomic E-state index is -3.68. The van der Waals surface area contributed by atoms with Crippen LogP contribution < -0.4 is 4.72 Å². The van der Waals surface area contributed by atoms with Crippen molar-refractivity contribution in [3.63, 3.8) is 0 Å². The van der Waals surface area contributed by atoms with Crippen LogP contribution in [-0.4, -0.2) is 14.5 Å². The highest BCUT2D eigenvalue weighted by molar-refractivity contribution is 7.89. The first-order valence-corrected chi connectivity index (χ1v) is 10.0. The molecule has 2 aromatic rings. The van der Waals surface area contributed by atoms with Gasteiger partial charge >= 0.3 is 0 Å². The van der Waals surface area contributed by atoms with Gasteiger partial charge in [0.1, 0.15) is 5.82 Å². The maximum atomic E-state index is 13.9. The van der Waals surface area contributed by atoms with E-state index in [1.165, 1.54) is 24.3 Å². The smallest absolute Gasteiger partial charge is 0.208 e. The van der Waals surface area contributed by atoms with Crippen LogP contribution >= 0.6 is 0 Å². The molecule has 1 saturated carbocycles. The third-order valence-corrected chi connectivity index (χ3v) is 6.36. The van der Waals surface area contributed by atoms with Crippen molar-refractivity contribution >= 4 is 10.0 Å². The molecule has 0 aliphatic heterocycles. The minimum Gasteiger partial charge on any atom is -0.208 e. The molecule has 0 heterocycles. The summed E-state index contributed by atoms with van der Waals surface area (Å²) in [6.07, 6.45) is 3.58. The molecule has 1 N–H and O–H groups in total. The molecule has 0 atom stereocenters. The Bertz CT molecular complexity index is 890. The number of halogens is 3. The first-order valence-electron chi connectivity index (χ1n) is 8.53. The van der Waals surface area contributed by atoms with Crippen molar-refractivity contribution in [3.05, 3.63) is 53.8 Å². The molecule has 0 bridgehead atoms. The quantitative estimate of drug-likeness (QED) is 0.783. The summed E-state index contributed by atoms with van der Waals surface area (Å²) in [5.74, 6) is -2.72. The lowest BCUT2D eigenvalue weighted by Gasteiger charge is -2.26. The SMILES string of the molecule is CC1CCC(NS(=O)(=O)c2ccc(-c3cc(F)c(F)cc3F)cc2)CC1. The molecule has 0 radical (unpaired) electrons. The topological polar surface area (TPSA) is 46.2 Å². The van der Waals surface area contributed by atoms with Gasteiger partial charge in [-0.15, -0.1) is 0 Å². The molecule has 0 aromatic heterocycles. The molecule has 0 saturated heterocycles. The molecule has 140 valence electrons. The van der Waals surface area contributed by atoms with Crippen molar-refractivity contribution in [2.45, 2.75) is 43.5 Å². The molecule has 0 unspecified atom stereocenters. The first kappa shape index (κ1) is 18.9. The molecule has 2 aromatic carbocycles. The van der Waals surface area contributed by atoms with Crippen LogP contribution in [0, 0.1) is 23.4 Å². The van der Waals surface area contributed by atoms with E-state index in [1.54, 1.807) is 0 Å². The fourth-order valence-corrected chi connectivity index (χ4v) is 4.53. The Kier molecular flexibility index (Phi) is 5.39. The van der Waals surface area contributed by atoms with Crippen molar-refractivity contribution in [1.82, 2.24) is 4.72 Å². The molecule has 0 spiro atoms. The van der Waals surface area contributed by atoms with Gasteiger partial charge in [-0.05, 0) is 55.4 Å². The van der Waals surface area contributed by atoms with Gasteiger partial charge in [-0.3, -0.25) is 0 Å². The zero-order valence-corrected chi connectivity index (χ0v) is 15.1. The van der Waals surface area contributed by atoms with Gasteiger partial charge in [-0.25, -0.2) is 26.3 Å². The van der Waals surface area contributed by atoms with Crippen LogP contribution in [-0.2, 0) is 10.0 Å². The third kappa shape index (κ3) is 4.10. The van der Waals surface area contributed by atoms with E-state index in [4.69, 9.17) is 0 Å². The largest absolute Gasteiger partial charge is 0.240 e. The van der Waals surface area contributed by atoms with E-state index in [0.717, 1.165) is 31.7 Å². The minimum absolute atomic E-state index is 0.0582. The summed E-state index contributed by atoms with van der Waals surface area (Å²) in [6, 6.07) is 6.59. The summed E-state index contributed by atoms with van der Waals surface area (Å²) in [5, 5.41) is 0. The number of nitrogens with one attached hydrogen (secondary N) is 1.